The van der Waals surface area contributed by atoms with Gasteiger partial charge in [-0.3, -0.25) is 4.79 Å². The lowest BCUT2D eigenvalue weighted by Crippen LogP contribution is -2.37. The van der Waals surface area contributed by atoms with E-state index in [0.717, 1.165) is 43.6 Å². The molecule has 0 radical (unpaired) electrons. The molecule has 1 aromatic heterocycles. The maximum Gasteiger partial charge on any atom is 0.416 e. The summed E-state index contributed by atoms with van der Waals surface area (Å²) in [4.78, 5) is 28.1. The molecule has 1 fully saturated rings. The third-order valence-corrected chi connectivity index (χ3v) is 7.96. The summed E-state index contributed by atoms with van der Waals surface area (Å²) in [5, 5.41) is 5.53. The second-order valence-electron chi connectivity index (χ2n) is 11.8. The van der Waals surface area contributed by atoms with Crippen LogP contribution in [0.15, 0.2) is 85.1 Å². The Balaban J connectivity index is 1.17. The number of rotatable bonds is 7. The molecule has 2 N–H and O–H groups in total. The highest BCUT2D eigenvalue weighted by Crippen LogP contribution is 2.33. The fourth-order valence-electron chi connectivity index (χ4n) is 5.18. The Kier molecular flexibility index (Phi) is 8.71. The van der Waals surface area contributed by atoms with Gasteiger partial charge in [0.15, 0.2) is 0 Å². The van der Waals surface area contributed by atoms with Gasteiger partial charge >= 0.3 is 12.3 Å². The Hall–Kier alpha value is -4.73. The van der Waals surface area contributed by atoms with Gasteiger partial charge in [0.1, 0.15) is 0 Å². The van der Waals surface area contributed by atoms with Crippen molar-refractivity contribution in [1.82, 2.24) is 9.88 Å². The molecule has 7 nitrogen and oxygen atoms in total. The Labute approximate surface area is 254 Å². The first-order valence-corrected chi connectivity index (χ1v) is 14.4. The molecule has 0 unspecified atom stereocenters. The SMILES string of the molecule is Cn1cc(NC(=O)c2ccccc2-c2ccc(C(F)(F)F)cc2)cc1OC(=O)NCc1ccc(N2CCC(C)(C)CC2)cc1. The normalized spacial score (nSPS) is 14.6. The Bertz CT molecular complexity index is 1620. The molecule has 4 aromatic rings. The van der Waals surface area contributed by atoms with Crippen LogP contribution in [0.3, 0.4) is 0 Å². The molecule has 230 valence electrons. The number of nitrogens with one attached hydrogen (secondary N) is 2. The van der Waals surface area contributed by atoms with Crippen molar-refractivity contribution in [2.24, 2.45) is 12.5 Å². The van der Waals surface area contributed by atoms with E-state index in [-0.39, 0.29) is 11.4 Å². The van der Waals surface area contributed by atoms with Gasteiger partial charge in [0.25, 0.3) is 5.91 Å². The number of alkyl halides is 3. The monoisotopic (exact) mass is 604 g/mol. The smallest absolute Gasteiger partial charge is 0.393 e. The number of hydrogen-bond donors (Lipinski definition) is 2. The number of nitrogens with zero attached hydrogens (tertiary/aromatic N) is 2. The maximum atomic E-state index is 13.2. The zero-order valence-electron chi connectivity index (χ0n) is 24.9. The number of aromatic nitrogens is 1. The highest BCUT2D eigenvalue weighted by atomic mass is 19.4. The number of benzene rings is 3. The Morgan fingerprint density at radius 3 is 2.25 bits per heavy atom. The molecule has 44 heavy (non-hydrogen) atoms. The van der Waals surface area contributed by atoms with Crippen LogP contribution in [0.5, 0.6) is 5.88 Å². The molecule has 0 spiro atoms. The number of piperidine rings is 1. The van der Waals surface area contributed by atoms with Crippen LogP contribution in [0.25, 0.3) is 11.1 Å². The van der Waals surface area contributed by atoms with Crippen molar-refractivity contribution >= 4 is 23.4 Å². The van der Waals surface area contributed by atoms with Gasteiger partial charge in [-0.1, -0.05) is 56.3 Å². The van der Waals surface area contributed by atoms with Gasteiger partial charge in [-0.15, -0.1) is 0 Å². The minimum absolute atomic E-state index is 0.220. The highest BCUT2D eigenvalue weighted by molar-refractivity contribution is 6.08. The van der Waals surface area contributed by atoms with Crippen molar-refractivity contribution < 1.29 is 27.5 Å². The first-order valence-electron chi connectivity index (χ1n) is 14.4. The summed E-state index contributed by atoms with van der Waals surface area (Å²) >= 11 is 0. The van der Waals surface area contributed by atoms with Gasteiger partial charge < -0.3 is 24.8 Å². The lowest BCUT2D eigenvalue weighted by Gasteiger charge is -2.38. The van der Waals surface area contributed by atoms with E-state index < -0.39 is 23.7 Å². The van der Waals surface area contributed by atoms with Crippen LogP contribution in [0, 0.1) is 5.41 Å². The second kappa shape index (κ2) is 12.5. The average Bonchev–Trinajstić information content (AvgIpc) is 3.33. The van der Waals surface area contributed by atoms with E-state index in [4.69, 9.17) is 4.74 Å². The topological polar surface area (TPSA) is 75.6 Å². The van der Waals surface area contributed by atoms with Gasteiger partial charge in [-0.2, -0.15) is 13.2 Å². The minimum atomic E-state index is -4.45. The Morgan fingerprint density at radius 1 is 0.932 bits per heavy atom. The number of aryl methyl sites for hydroxylation is 1. The quantitative estimate of drug-likeness (QED) is 0.225. The zero-order valence-corrected chi connectivity index (χ0v) is 24.9. The first kappa shape index (κ1) is 30.7. The average molecular weight is 605 g/mol. The summed E-state index contributed by atoms with van der Waals surface area (Å²) in [6, 6.07) is 21.0. The molecule has 10 heteroatoms. The van der Waals surface area contributed by atoms with Crippen molar-refractivity contribution in [2.75, 3.05) is 23.3 Å². The molecule has 1 saturated heterocycles. The molecule has 0 aliphatic carbocycles. The van der Waals surface area contributed by atoms with Crippen LogP contribution in [0.4, 0.5) is 29.3 Å². The number of anilines is 2. The van der Waals surface area contributed by atoms with Crippen molar-refractivity contribution in [3.05, 3.63) is 102 Å². The third kappa shape index (κ3) is 7.42. The molecule has 3 aromatic carbocycles. The van der Waals surface area contributed by atoms with E-state index in [2.05, 4.69) is 41.5 Å². The summed E-state index contributed by atoms with van der Waals surface area (Å²) in [6.07, 6.45) is -1.18. The van der Waals surface area contributed by atoms with Gasteiger partial charge in [-0.25, -0.2) is 4.79 Å². The zero-order chi connectivity index (χ0) is 31.5. The van der Waals surface area contributed by atoms with Crippen molar-refractivity contribution in [3.8, 4) is 17.0 Å². The van der Waals surface area contributed by atoms with Crippen LogP contribution in [0.1, 0.15) is 48.2 Å². The predicted octanol–water partition coefficient (Wildman–Crippen LogP) is 7.88. The van der Waals surface area contributed by atoms with Gasteiger partial charge in [0.2, 0.25) is 5.88 Å². The third-order valence-electron chi connectivity index (χ3n) is 7.96. The van der Waals surface area contributed by atoms with E-state index in [0.29, 0.717) is 28.8 Å². The lowest BCUT2D eigenvalue weighted by molar-refractivity contribution is -0.137. The number of hydrogen-bond acceptors (Lipinski definition) is 4. The molecule has 5 rings (SSSR count). The number of halogens is 3. The van der Waals surface area contributed by atoms with Crippen LogP contribution >= 0.6 is 0 Å². The molecule has 1 aliphatic heterocycles. The molecular weight excluding hydrogens is 569 g/mol. The van der Waals surface area contributed by atoms with Crippen LogP contribution in [0.2, 0.25) is 0 Å². The summed E-state index contributed by atoms with van der Waals surface area (Å²) in [5.41, 5.74) is 3.36. The minimum Gasteiger partial charge on any atom is -0.393 e. The standard InChI is InChI=1S/C34H35F3N4O3/c1-33(2)16-18-41(19-17-33)27-14-8-23(9-15-27)21-38-32(43)44-30-20-26(22-40(30)3)39-31(42)29-7-5-4-6-28(29)24-10-12-25(13-11-24)34(35,36)37/h4-15,20,22H,16-19,21H2,1-3H3,(H,38,43)(H,39,42). The van der Waals surface area contributed by atoms with E-state index in [9.17, 15) is 22.8 Å². The molecular formula is C34H35F3N4O3. The first-order chi connectivity index (χ1) is 20.9. The number of amides is 2. The lowest BCUT2D eigenvalue weighted by atomic mass is 9.82. The van der Waals surface area contributed by atoms with E-state index >= 15 is 0 Å². The summed E-state index contributed by atoms with van der Waals surface area (Å²) in [6.45, 7) is 6.96. The van der Waals surface area contributed by atoms with Crippen molar-refractivity contribution in [3.63, 3.8) is 0 Å². The van der Waals surface area contributed by atoms with Crippen LogP contribution < -0.4 is 20.3 Å². The van der Waals surface area contributed by atoms with E-state index in [1.54, 1.807) is 42.1 Å². The molecule has 0 atom stereocenters. The van der Waals surface area contributed by atoms with Crippen molar-refractivity contribution in [2.45, 2.75) is 39.4 Å². The fraction of sp³-hybridized carbons (Fsp3) is 0.294. The number of ether oxygens (including phenoxy) is 1. The van der Waals surface area contributed by atoms with E-state index in [1.807, 2.05) is 12.1 Å². The Morgan fingerprint density at radius 2 is 1.59 bits per heavy atom. The molecule has 0 saturated carbocycles. The highest BCUT2D eigenvalue weighted by Gasteiger charge is 2.30. The molecule has 2 heterocycles. The predicted molar refractivity (Wildman–Crippen MR) is 165 cm³/mol. The largest absolute Gasteiger partial charge is 0.416 e. The number of carbonyl (C=O) groups excluding carboxylic acids is 2. The molecule has 1 aliphatic rings. The molecule has 2 amide bonds. The fourth-order valence-corrected chi connectivity index (χ4v) is 5.18. The van der Waals surface area contributed by atoms with Crippen LogP contribution in [-0.2, 0) is 19.8 Å². The van der Waals surface area contributed by atoms with Gasteiger partial charge in [-0.05, 0) is 65.3 Å². The second-order valence-corrected chi connectivity index (χ2v) is 11.8. The van der Waals surface area contributed by atoms with Gasteiger partial charge in [0, 0.05) is 50.2 Å². The van der Waals surface area contributed by atoms with Crippen LogP contribution in [-0.4, -0.2) is 29.7 Å². The summed E-state index contributed by atoms with van der Waals surface area (Å²) in [7, 11) is 1.68. The van der Waals surface area contributed by atoms with Crippen molar-refractivity contribution in [1.29, 1.82) is 0 Å². The van der Waals surface area contributed by atoms with E-state index in [1.165, 1.54) is 23.9 Å². The maximum absolute atomic E-state index is 13.2. The summed E-state index contributed by atoms with van der Waals surface area (Å²) < 4.78 is 46.0. The van der Waals surface area contributed by atoms with Gasteiger partial charge in [0.05, 0.1) is 11.3 Å². The molecule has 0 bridgehead atoms. The summed E-state index contributed by atoms with van der Waals surface area (Å²) in [5.74, 6) is -0.240. The number of carbonyl (C=O) groups is 2.